The molecule has 0 aliphatic carbocycles. The van der Waals surface area contributed by atoms with Gasteiger partial charge in [-0.15, -0.1) is 0 Å². The van der Waals surface area contributed by atoms with Crippen LogP contribution >= 0.6 is 0 Å². The van der Waals surface area contributed by atoms with Gasteiger partial charge in [-0.25, -0.2) is 0 Å². The van der Waals surface area contributed by atoms with Crippen LogP contribution in [-0.2, 0) is 4.79 Å². The summed E-state index contributed by atoms with van der Waals surface area (Å²) in [5.74, 6) is -1.15. The topological polar surface area (TPSA) is 118 Å². The zero-order valence-corrected chi connectivity index (χ0v) is 11.4. The molecule has 0 aromatic carbocycles. The second-order valence-electron chi connectivity index (χ2n) is 4.74. The molecule has 6 heteroatoms. The molecule has 0 aromatic rings. The lowest BCUT2D eigenvalue weighted by molar-refractivity contribution is -0.154. The molecule has 6 nitrogen and oxygen atoms in total. The van der Waals surface area contributed by atoms with Crippen molar-refractivity contribution in [2.75, 3.05) is 26.4 Å². The van der Waals surface area contributed by atoms with E-state index in [0.717, 1.165) is 6.42 Å². The summed E-state index contributed by atoms with van der Waals surface area (Å²) in [5.41, 5.74) is -1.61. The Morgan fingerprint density at radius 2 is 1.28 bits per heavy atom. The van der Waals surface area contributed by atoms with Crippen LogP contribution in [0.4, 0.5) is 0 Å². The third-order valence-corrected chi connectivity index (χ3v) is 3.35. The van der Waals surface area contributed by atoms with Gasteiger partial charge in [-0.05, 0) is 12.8 Å². The number of hydrogen-bond donors (Lipinski definition) is 5. The minimum absolute atomic E-state index is 0.0694. The first-order valence-electron chi connectivity index (χ1n) is 5.98. The first kappa shape index (κ1) is 19.6. The fourth-order valence-electron chi connectivity index (χ4n) is 0.834. The Bertz CT molecular complexity index is 204. The van der Waals surface area contributed by atoms with E-state index in [1.54, 1.807) is 6.92 Å². The standard InChI is InChI=1S/C6H12O4.C6H14O2/c1-2-6(3-7,4-8)5(9)10;1-3-6(2,4-7)5-8/h7-8H,2-4H2,1H3,(H,9,10);7-8H,3-5H2,1-2H3. The van der Waals surface area contributed by atoms with Crippen LogP contribution in [0.25, 0.3) is 0 Å². The Morgan fingerprint density at radius 3 is 1.28 bits per heavy atom. The molecule has 0 spiro atoms. The Morgan fingerprint density at radius 1 is 0.889 bits per heavy atom. The minimum Gasteiger partial charge on any atom is -0.481 e. The van der Waals surface area contributed by atoms with Crippen molar-refractivity contribution >= 4 is 5.97 Å². The van der Waals surface area contributed by atoms with Crippen LogP contribution in [0.3, 0.4) is 0 Å². The number of carbonyl (C=O) groups is 1. The van der Waals surface area contributed by atoms with Crippen LogP contribution in [0.5, 0.6) is 0 Å². The summed E-state index contributed by atoms with van der Waals surface area (Å²) >= 11 is 0. The molecule has 0 heterocycles. The Balaban J connectivity index is 0. The van der Waals surface area contributed by atoms with Gasteiger partial charge in [-0.3, -0.25) is 4.79 Å². The summed E-state index contributed by atoms with van der Waals surface area (Å²) in [5, 5.41) is 43.0. The number of aliphatic hydroxyl groups excluding tert-OH is 4. The van der Waals surface area contributed by atoms with Crippen molar-refractivity contribution in [1.82, 2.24) is 0 Å². The van der Waals surface area contributed by atoms with Crippen LogP contribution < -0.4 is 0 Å². The second-order valence-corrected chi connectivity index (χ2v) is 4.74. The lowest BCUT2D eigenvalue weighted by atomic mass is 9.87. The number of carboxylic acid groups (broad SMARTS) is 1. The first-order chi connectivity index (χ1) is 8.31. The van der Waals surface area contributed by atoms with Gasteiger partial charge in [0, 0.05) is 5.41 Å². The predicted octanol–water partition coefficient (Wildman–Crippen LogP) is -0.161. The summed E-state index contributed by atoms with van der Waals surface area (Å²) < 4.78 is 0. The fourth-order valence-corrected chi connectivity index (χ4v) is 0.834. The van der Waals surface area contributed by atoms with Gasteiger partial charge in [0.15, 0.2) is 0 Å². The van der Waals surface area contributed by atoms with E-state index < -0.39 is 24.6 Å². The van der Waals surface area contributed by atoms with E-state index >= 15 is 0 Å². The monoisotopic (exact) mass is 266 g/mol. The van der Waals surface area contributed by atoms with E-state index in [1.807, 2.05) is 13.8 Å². The highest BCUT2D eigenvalue weighted by Crippen LogP contribution is 2.20. The molecule has 0 saturated heterocycles. The van der Waals surface area contributed by atoms with E-state index in [1.165, 1.54) is 0 Å². The molecule has 0 rings (SSSR count). The van der Waals surface area contributed by atoms with Crippen molar-refractivity contribution in [3.05, 3.63) is 0 Å². The molecule has 0 amide bonds. The molecule has 0 saturated carbocycles. The predicted molar refractivity (Wildman–Crippen MR) is 67.1 cm³/mol. The number of hydrogen-bond acceptors (Lipinski definition) is 5. The largest absolute Gasteiger partial charge is 0.481 e. The zero-order valence-electron chi connectivity index (χ0n) is 11.4. The molecule has 5 N–H and O–H groups in total. The summed E-state index contributed by atoms with van der Waals surface area (Å²) in [6, 6.07) is 0. The third-order valence-electron chi connectivity index (χ3n) is 3.35. The van der Waals surface area contributed by atoms with Gasteiger partial charge in [0.25, 0.3) is 0 Å². The van der Waals surface area contributed by atoms with Gasteiger partial charge >= 0.3 is 5.97 Å². The first-order valence-corrected chi connectivity index (χ1v) is 5.98. The van der Waals surface area contributed by atoms with Crippen molar-refractivity contribution in [3.63, 3.8) is 0 Å². The van der Waals surface area contributed by atoms with Gasteiger partial charge in [0.05, 0.1) is 26.4 Å². The van der Waals surface area contributed by atoms with E-state index in [4.69, 9.17) is 25.5 Å². The van der Waals surface area contributed by atoms with Crippen LogP contribution in [-0.4, -0.2) is 57.9 Å². The molecule has 0 radical (unpaired) electrons. The Labute approximate surface area is 108 Å². The molecule has 0 bridgehead atoms. The molecule has 0 unspecified atom stereocenters. The van der Waals surface area contributed by atoms with Gasteiger partial charge in [0.2, 0.25) is 0 Å². The molecule has 0 aliphatic rings. The van der Waals surface area contributed by atoms with Gasteiger partial charge in [0.1, 0.15) is 5.41 Å². The molecule has 0 aliphatic heterocycles. The van der Waals surface area contributed by atoms with Crippen molar-refractivity contribution in [2.45, 2.75) is 33.6 Å². The average molecular weight is 266 g/mol. The molecule has 18 heavy (non-hydrogen) atoms. The Kier molecular flexibility index (Phi) is 10.1. The van der Waals surface area contributed by atoms with Crippen LogP contribution in [0, 0.1) is 10.8 Å². The van der Waals surface area contributed by atoms with E-state index in [9.17, 15) is 4.79 Å². The number of carboxylic acids is 1. The van der Waals surface area contributed by atoms with Gasteiger partial charge in [-0.1, -0.05) is 20.8 Å². The lowest BCUT2D eigenvalue weighted by Gasteiger charge is -2.21. The van der Waals surface area contributed by atoms with Crippen LogP contribution in [0.15, 0.2) is 0 Å². The molecular formula is C12H26O6. The lowest BCUT2D eigenvalue weighted by Crippen LogP contribution is -2.37. The Hall–Kier alpha value is -0.690. The van der Waals surface area contributed by atoms with E-state index in [-0.39, 0.29) is 25.0 Å². The van der Waals surface area contributed by atoms with E-state index in [2.05, 4.69) is 0 Å². The SMILES string of the molecule is CCC(C)(CO)CO.CCC(CO)(CO)C(=O)O. The molecule has 110 valence electrons. The van der Waals surface area contributed by atoms with Crippen LogP contribution in [0.1, 0.15) is 33.6 Å². The third kappa shape index (κ3) is 5.77. The average Bonchev–Trinajstić information content (AvgIpc) is 2.41. The van der Waals surface area contributed by atoms with Crippen molar-refractivity contribution < 1.29 is 30.3 Å². The van der Waals surface area contributed by atoms with Crippen molar-refractivity contribution in [1.29, 1.82) is 0 Å². The van der Waals surface area contributed by atoms with Crippen molar-refractivity contribution in [3.8, 4) is 0 Å². The second kappa shape index (κ2) is 9.27. The summed E-state index contributed by atoms with van der Waals surface area (Å²) in [4.78, 5) is 10.4. The maximum atomic E-state index is 10.4. The minimum atomic E-state index is -1.35. The molecular weight excluding hydrogens is 240 g/mol. The number of aliphatic hydroxyl groups is 4. The summed E-state index contributed by atoms with van der Waals surface area (Å²) in [7, 11) is 0. The van der Waals surface area contributed by atoms with Crippen LogP contribution in [0.2, 0.25) is 0 Å². The highest BCUT2D eigenvalue weighted by Gasteiger charge is 2.35. The van der Waals surface area contributed by atoms with E-state index in [0.29, 0.717) is 0 Å². The van der Waals surface area contributed by atoms with Gasteiger partial charge < -0.3 is 25.5 Å². The summed E-state index contributed by atoms with van der Waals surface area (Å²) in [6.07, 6.45) is 1.05. The summed E-state index contributed by atoms with van der Waals surface area (Å²) in [6.45, 7) is 4.52. The van der Waals surface area contributed by atoms with Crippen molar-refractivity contribution in [2.24, 2.45) is 10.8 Å². The maximum absolute atomic E-state index is 10.4. The molecule has 0 fully saturated rings. The highest BCUT2D eigenvalue weighted by atomic mass is 16.4. The number of aliphatic carboxylic acids is 1. The zero-order chi connectivity index (χ0) is 14.8. The van der Waals surface area contributed by atoms with Gasteiger partial charge in [-0.2, -0.15) is 0 Å². The highest BCUT2D eigenvalue weighted by molar-refractivity contribution is 5.74. The normalized spacial score (nSPS) is 11.7. The molecule has 0 aromatic heterocycles. The molecule has 0 atom stereocenters. The maximum Gasteiger partial charge on any atom is 0.314 e. The fraction of sp³-hybridized carbons (Fsp3) is 0.917. The smallest absolute Gasteiger partial charge is 0.314 e. The number of rotatable bonds is 7. The quantitative estimate of drug-likeness (QED) is 0.437.